The molecule has 1 fully saturated rings. The van der Waals surface area contributed by atoms with Crippen molar-refractivity contribution < 1.29 is 24.1 Å². The lowest BCUT2D eigenvalue weighted by atomic mass is 9.76. The molecule has 0 aliphatic carbocycles. The van der Waals surface area contributed by atoms with Crippen molar-refractivity contribution in [3.63, 3.8) is 0 Å². The first-order chi connectivity index (χ1) is 8.59. The molecule has 0 spiro atoms. The maximum Gasteiger partial charge on any atom is 0.500 e. The van der Waals surface area contributed by atoms with E-state index in [0.717, 1.165) is 12.5 Å². The van der Waals surface area contributed by atoms with E-state index in [0.29, 0.717) is 13.2 Å². The maximum atomic E-state index is 10.9. The van der Waals surface area contributed by atoms with Gasteiger partial charge < -0.3 is 14.4 Å². The van der Waals surface area contributed by atoms with Gasteiger partial charge in [0.25, 0.3) is 5.69 Å². The van der Waals surface area contributed by atoms with Gasteiger partial charge in [-0.1, -0.05) is 6.07 Å². The molecule has 1 aliphatic rings. The number of rotatable bonds is 3. The monoisotopic (exact) mass is 251 g/mol. The van der Waals surface area contributed by atoms with E-state index in [-0.39, 0.29) is 16.7 Å². The van der Waals surface area contributed by atoms with Gasteiger partial charge in [-0.25, -0.2) is 4.79 Å². The Morgan fingerprint density at radius 3 is 2.61 bits per heavy atom. The van der Waals surface area contributed by atoms with Crippen LogP contribution in [0.15, 0.2) is 18.2 Å². The first kappa shape index (κ1) is 12.5. The topological polar surface area (TPSA) is 98.9 Å². The molecule has 94 valence electrons. The number of benzene rings is 1. The van der Waals surface area contributed by atoms with Gasteiger partial charge in [0.15, 0.2) is 0 Å². The highest BCUT2D eigenvalue weighted by Gasteiger charge is 2.32. The summed E-state index contributed by atoms with van der Waals surface area (Å²) in [6.07, 6.45) is 0.734. The van der Waals surface area contributed by atoms with Crippen molar-refractivity contribution in [2.45, 2.75) is 6.42 Å². The minimum atomic E-state index is -1.21. The predicted octanol–water partition coefficient (Wildman–Crippen LogP) is 0.425. The number of nitrogens with zero attached hydrogens (tertiary/aromatic N) is 1. The van der Waals surface area contributed by atoms with Gasteiger partial charge in [0.05, 0.1) is 15.9 Å². The summed E-state index contributed by atoms with van der Waals surface area (Å²) in [6.45, 7) is 0.922. The van der Waals surface area contributed by atoms with Crippen molar-refractivity contribution in [1.29, 1.82) is 0 Å². The highest BCUT2D eigenvalue weighted by atomic mass is 16.6. The van der Waals surface area contributed by atoms with Crippen molar-refractivity contribution in [2.75, 3.05) is 13.2 Å². The van der Waals surface area contributed by atoms with Crippen molar-refractivity contribution in [3.8, 4) is 0 Å². The summed E-state index contributed by atoms with van der Waals surface area (Å²) in [7, 11) is -0.804. The van der Waals surface area contributed by atoms with Gasteiger partial charge in [-0.3, -0.25) is 10.1 Å². The van der Waals surface area contributed by atoms with Crippen LogP contribution in [0.3, 0.4) is 0 Å². The van der Waals surface area contributed by atoms with Crippen molar-refractivity contribution in [1.82, 2.24) is 0 Å². The fourth-order valence-electron chi connectivity index (χ4n) is 1.70. The van der Waals surface area contributed by atoms with Crippen LogP contribution in [0.4, 0.5) is 5.69 Å². The number of hydrogen-bond donors (Lipinski definition) is 1. The van der Waals surface area contributed by atoms with Crippen LogP contribution < -0.4 is 5.46 Å². The number of carboxylic acid groups (broad SMARTS) is 1. The van der Waals surface area contributed by atoms with Gasteiger partial charge in [0.2, 0.25) is 0 Å². The van der Waals surface area contributed by atoms with Crippen LogP contribution in [-0.2, 0) is 9.31 Å². The number of nitro benzene ring substituents is 1. The van der Waals surface area contributed by atoms with Crippen LogP contribution in [-0.4, -0.2) is 36.3 Å². The van der Waals surface area contributed by atoms with E-state index >= 15 is 0 Å². The molecule has 0 amide bonds. The van der Waals surface area contributed by atoms with Crippen molar-refractivity contribution in [2.24, 2.45) is 0 Å². The number of nitro groups is 1. The van der Waals surface area contributed by atoms with Gasteiger partial charge in [-0.2, -0.15) is 0 Å². The summed E-state index contributed by atoms with van der Waals surface area (Å²) in [4.78, 5) is 21.1. The summed E-state index contributed by atoms with van der Waals surface area (Å²) in [5.74, 6) is -1.21. The fraction of sp³-hybridized carbons (Fsp3) is 0.300. The third kappa shape index (κ3) is 2.49. The summed E-state index contributed by atoms with van der Waals surface area (Å²) in [5, 5.41) is 19.7. The predicted molar refractivity (Wildman–Crippen MR) is 62.0 cm³/mol. The van der Waals surface area contributed by atoms with Crippen LogP contribution in [0.5, 0.6) is 0 Å². The van der Waals surface area contributed by atoms with Crippen LogP contribution in [0.1, 0.15) is 16.8 Å². The normalized spacial score (nSPS) is 15.4. The molecule has 1 saturated heterocycles. The molecule has 2 rings (SSSR count). The molecule has 1 N–H and O–H groups in total. The van der Waals surface area contributed by atoms with Gasteiger partial charge in [-0.15, -0.1) is 0 Å². The molecule has 1 aromatic carbocycles. The van der Waals surface area contributed by atoms with Crippen LogP contribution in [0, 0.1) is 10.1 Å². The minimum absolute atomic E-state index is 0.138. The average Bonchev–Trinajstić information content (AvgIpc) is 2.39. The van der Waals surface area contributed by atoms with E-state index in [1.165, 1.54) is 12.1 Å². The van der Waals surface area contributed by atoms with Crippen LogP contribution in [0.25, 0.3) is 0 Å². The largest absolute Gasteiger partial charge is 0.500 e. The van der Waals surface area contributed by atoms with Crippen LogP contribution >= 0.6 is 0 Å². The quantitative estimate of drug-likeness (QED) is 0.475. The highest BCUT2D eigenvalue weighted by molar-refractivity contribution is 6.63. The Labute approximate surface area is 103 Å². The highest BCUT2D eigenvalue weighted by Crippen LogP contribution is 2.15. The molecule has 0 radical (unpaired) electrons. The number of aromatic carboxylic acids is 1. The molecule has 8 heteroatoms. The fourth-order valence-corrected chi connectivity index (χ4v) is 1.70. The molecule has 0 bridgehead atoms. The molecule has 18 heavy (non-hydrogen) atoms. The zero-order valence-electron chi connectivity index (χ0n) is 9.37. The van der Waals surface area contributed by atoms with E-state index < -0.39 is 18.0 Å². The van der Waals surface area contributed by atoms with Crippen molar-refractivity contribution in [3.05, 3.63) is 33.9 Å². The Bertz CT molecular complexity index is 485. The average molecular weight is 251 g/mol. The first-order valence-electron chi connectivity index (χ1n) is 5.34. The van der Waals surface area contributed by atoms with E-state index in [1.807, 2.05) is 0 Å². The molecule has 0 aromatic heterocycles. The Balaban J connectivity index is 2.39. The van der Waals surface area contributed by atoms with E-state index in [4.69, 9.17) is 14.4 Å². The number of hydrogen-bond acceptors (Lipinski definition) is 5. The second-order valence-corrected chi connectivity index (χ2v) is 3.76. The third-order valence-electron chi connectivity index (χ3n) is 2.56. The van der Waals surface area contributed by atoms with E-state index in [1.54, 1.807) is 0 Å². The lowest BCUT2D eigenvalue weighted by Crippen LogP contribution is -2.42. The van der Waals surface area contributed by atoms with Gasteiger partial charge in [-0.05, 0) is 12.5 Å². The summed E-state index contributed by atoms with van der Waals surface area (Å²) < 4.78 is 10.6. The van der Waals surface area contributed by atoms with Gasteiger partial charge in [0.1, 0.15) is 0 Å². The maximum absolute atomic E-state index is 10.9. The molecule has 7 nitrogen and oxygen atoms in total. The molecule has 1 aromatic rings. The van der Waals surface area contributed by atoms with Crippen molar-refractivity contribution >= 4 is 24.2 Å². The molecule has 0 atom stereocenters. The zero-order valence-corrected chi connectivity index (χ0v) is 9.37. The van der Waals surface area contributed by atoms with E-state index in [2.05, 4.69) is 0 Å². The SMILES string of the molecule is O=C(O)c1ccc(B2OCCCO2)c([N+](=O)[O-])c1. The molecule has 0 saturated carbocycles. The Hall–Kier alpha value is -1.93. The van der Waals surface area contributed by atoms with Crippen LogP contribution in [0.2, 0.25) is 0 Å². The second kappa shape index (κ2) is 5.15. The number of carbonyl (C=O) groups is 1. The van der Waals surface area contributed by atoms with Gasteiger partial charge in [0, 0.05) is 19.3 Å². The molecular formula is C10H10BNO6. The summed E-state index contributed by atoms with van der Waals surface area (Å²) in [5.41, 5.74) is -0.201. The van der Waals surface area contributed by atoms with E-state index in [9.17, 15) is 14.9 Å². The Morgan fingerprint density at radius 1 is 1.39 bits per heavy atom. The molecular weight excluding hydrogens is 241 g/mol. The Kier molecular flexibility index (Phi) is 3.59. The second-order valence-electron chi connectivity index (χ2n) is 3.76. The minimum Gasteiger partial charge on any atom is -0.478 e. The molecule has 0 unspecified atom stereocenters. The standard InChI is InChI=1S/C10H10BNO6/c13-10(14)7-2-3-8(9(6-7)12(15)16)11-17-4-1-5-18-11/h2-3,6H,1,4-5H2,(H,13,14). The lowest BCUT2D eigenvalue weighted by Gasteiger charge is -2.19. The lowest BCUT2D eigenvalue weighted by molar-refractivity contribution is -0.383. The molecule has 1 heterocycles. The third-order valence-corrected chi connectivity index (χ3v) is 2.56. The molecule has 1 aliphatic heterocycles. The summed E-state index contributed by atoms with van der Waals surface area (Å²) >= 11 is 0. The number of carboxylic acids is 1. The van der Waals surface area contributed by atoms with Gasteiger partial charge >= 0.3 is 13.1 Å². The smallest absolute Gasteiger partial charge is 0.478 e. The summed E-state index contributed by atoms with van der Waals surface area (Å²) in [6, 6.07) is 3.67. The Morgan fingerprint density at radius 2 is 2.06 bits per heavy atom. The zero-order chi connectivity index (χ0) is 13.1. The first-order valence-corrected chi connectivity index (χ1v) is 5.34.